The third-order valence-corrected chi connectivity index (χ3v) is 4.85. The minimum atomic E-state index is 0. The molecule has 5 nitrogen and oxygen atoms in total. The van der Waals surface area contributed by atoms with Crippen LogP contribution in [0.25, 0.3) is 0 Å². The Bertz CT molecular complexity index is 606. The molecule has 1 aliphatic carbocycles. The largest absolute Gasteiger partial charge is 0.377 e. The predicted molar refractivity (Wildman–Crippen MR) is 104 cm³/mol. The van der Waals surface area contributed by atoms with Gasteiger partial charge in [-0.05, 0) is 30.7 Å². The normalized spacial score (nSPS) is 18.9. The predicted octanol–water partition coefficient (Wildman–Crippen LogP) is 3.39. The molecule has 1 fully saturated rings. The van der Waals surface area contributed by atoms with Gasteiger partial charge in [-0.25, -0.2) is 9.97 Å². The van der Waals surface area contributed by atoms with Crippen molar-refractivity contribution in [1.82, 2.24) is 9.97 Å². The minimum Gasteiger partial charge on any atom is -0.377 e. The summed E-state index contributed by atoms with van der Waals surface area (Å²) in [6.07, 6.45) is 3.03. The fraction of sp³-hybridized carbons (Fsp3) is 0.500. The van der Waals surface area contributed by atoms with Crippen LogP contribution in [0.1, 0.15) is 35.2 Å². The number of nitrogens with zero attached hydrogens (tertiary/aromatic N) is 2. The van der Waals surface area contributed by atoms with Crippen LogP contribution in [0.3, 0.4) is 0 Å². The van der Waals surface area contributed by atoms with Crippen LogP contribution in [-0.2, 0) is 17.8 Å². The second-order valence-corrected chi connectivity index (χ2v) is 6.74. The summed E-state index contributed by atoms with van der Waals surface area (Å²) in [5.41, 5.74) is 6.98. The summed E-state index contributed by atoms with van der Waals surface area (Å²) >= 11 is 1.78. The first kappa shape index (κ1) is 21.1. The van der Waals surface area contributed by atoms with Gasteiger partial charge < -0.3 is 15.8 Å². The second kappa shape index (κ2) is 10.2. The average Bonchev–Trinajstić information content (AvgIpc) is 2.97. The molecule has 0 aliphatic heterocycles. The maximum absolute atomic E-state index is 5.89. The summed E-state index contributed by atoms with van der Waals surface area (Å²) in [6.45, 7) is 1.31. The number of thiophene rings is 1. The third-order valence-electron chi connectivity index (χ3n) is 3.92. The summed E-state index contributed by atoms with van der Waals surface area (Å²) in [6, 6.07) is 6.62. The van der Waals surface area contributed by atoms with E-state index >= 15 is 0 Å². The lowest BCUT2D eigenvalue weighted by atomic mass is 9.78. The van der Waals surface area contributed by atoms with Crippen LogP contribution in [0.2, 0.25) is 0 Å². The first-order chi connectivity index (χ1) is 10.7. The van der Waals surface area contributed by atoms with E-state index in [1.165, 1.54) is 4.88 Å². The fourth-order valence-corrected chi connectivity index (χ4v) is 3.39. The molecule has 0 saturated heterocycles. The van der Waals surface area contributed by atoms with Gasteiger partial charge in [0.05, 0.1) is 0 Å². The maximum Gasteiger partial charge on any atom is 0.156 e. The second-order valence-electron chi connectivity index (χ2n) is 5.71. The van der Waals surface area contributed by atoms with E-state index in [-0.39, 0.29) is 24.8 Å². The van der Waals surface area contributed by atoms with E-state index in [2.05, 4.69) is 38.9 Å². The smallest absolute Gasteiger partial charge is 0.156 e. The first-order valence-electron chi connectivity index (χ1n) is 7.63. The van der Waals surface area contributed by atoms with Gasteiger partial charge in [-0.1, -0.05) is 6.07 Å². The molecular weight excluding hydrogens is 367 g/mol. The number of aromatic nitrogens is 2. The molecule has 3 N–H and O–H groups in total. The summed E-state index contributed by atoms with van der Waals surface area (Å²) in [5.74, 6) is 2.08. The Hall–Kier alpha value is -0.920. The summed E-state index contributed by atoms with van der Waals surface area (Å²) in [5, 5.41) is 5.51. The van der Waals surface area contributed by atoms with E-state index in [1.54, 1.807) is 18.4 Å². The molecule has 8 heteroatoms. The van der Waals surface area contributed by atoms with Gasteiger partial charge in [0.1, 0.15) is 12.4 Å². The number of ether oxygens (including phenoxy) is 1. The Kier molecular flexibility index (Phi) is 8.94. The Morgan fingerprint density at radius 2 is 2.12 bits per heavy atom. The lowest BCUT2D eigenvalue weighted by Gasteiger charge is -2.32. The Morgan fingerprint density at radius 1 is 1.33 bits per heavy atom. The fourth-order valence-electron chi connectivity index (χ4n) is 2.68. The summed E-state index contributed by atoms with van der Waals surface area (Å²) < 4.78 is 5.18. The van der Waals surface area contributed by atoms with E-state index in [1.807, 2.05) is 0 Å². The number of halogens is 2. The molecule has 1 saturated carbocycles. The van der Waals surface area contributed by atoms with Gasteiger partial charge in [-0.3, -0.25) is 0 Å². The van der Waals surface area contributed by atoms with Crippen LogP contribution in [0.4, 0.5) is 5.82 Å². The maximum atomic E-state index is 5.89. The van der Waals surface area contributed by atoms with Crippen molar-refractivity contribution in [1.29, 1.82) is 0 Å². The molecule has 0 spiro atoms. The monoisotopic (exact) mass is 390 g/mol. The molecule has 2 aromatic rings. The minimum absolute atomic E-state index is 0. The van der Waals surface area contributed by atoms with Crippen molar-refractivity contribution in [2.24, 2.45) is 5.73 Å². The molecule has 0 radical (unpaired) electrons. The van der Waals surface area contributed by atoms with E-state index in [4.69, 9.17) is 10.5 Å². The highest BCUT2D eigenvalue weighted by molar-refractivity contribution is 7.09. The molecule has 0 atom stereocenters. The number of nitrogens with one attached hydrogen (secondary N) is 1. The van der Waals surface area contributed by atoms with E-state index in [9.17, 15) is 0 Å². The van der Waals surface area contributed by atoms with E-state index in [0.717, 1.165) is 43.1 Å². The summed E-state index contributed by atoms with van der Waals surface area (Å²) in [7, 11) is 1.67. The molecule has 134 valence electrons. The lowest BCUT2D eigenvalue weighted by molar-refractivity contribution is 0.177. The van der Waals surface area contributed by atoms with Gasteiger partial charge in [-0.15, -0.1) is 36.2 Å². The quantitative estimate of drug-likeness (QED) is 0.757. The molecule has 2 aromatic heterocycles. The molecule has 0 unspecified atom stereocenters. The van der Waals surface area contributed by atoms with Crippen molar-refractivity contribution in [2.75, 3.05) is 19.0 Å². The number of anilines is 1. The number of rotatable bonds is 7. The average molecular weight is 391 g/mol. The topological polar surface area (TPSA) is 73.1 Å². The Balaban J connectivity index is 0.00000144. The molecule has 3 rings (SSSR count). The Morgan fingerprint density at radius 3 is 2.75 bits per heavy atom. The lowest BCUT2D eigenvalue weighted by Crippen LogP contribution is -2.35. The van der Waals surface area contributed by atoms with E-state index in [0.29, 0.717) is 18.6 Å². The van der Waals surface area contributed by atoms with Crippen molar-refractivity contribution >= 4 is 42.0 Å². The van der Waals surface area contributed by atoms with Crippen molar-refractivity contribution in [3.05, 3.63) is 40.0 Å². The van der Waals surface area contributed by atoms with Gasteiger partial charge in [-0.2, -0.15) is 0 Å². The van der Waals surface area contributed by atoms with Gasteiger partial charge in [0.25, 0.3) is 0 Å². The van der Waals surface area contributed by atoms with Crippen LogP contribution in [0.5, 0.6) is 0 Å². The third kappa shape index (κ3) is 5.57. The van der Waals surface area contributed by atoms with Crippen LogP contribution in [-0.4, -0.2) is 29.7 Å². The van der Waals surface area contributed by atoms with Crippen LogP contribution >= 0.6 is 36.2 Å². The zero-order valence-corrected chi connectivity index (χ0v) is 16.1. The summed E-state index contributed by atoms with van der Waals surface area (Å²) in [4.78, 5) is 10.5. The van der Waals surface area contributed by atoms with Crippen LogP contribution in [0.15, 0.2) is 23.6 Å². The molecule has 0 amide bonds. The number of nitrogens with two attached hydrogens (primary N) is 1. The number of methoxy groups -OCH3 is 1. The van der Waals surface area contributed by atoms with E-state index < -0.39 is 0 Å². The van der Waals surface area contributed by atoms with Crippen LogP contribution in [0, 0.1) is 0 Å². The van der Waals surface area contributed by atoms with Gasteiger partial charge in [0.15, 0.2) is 5.82 Å². The molecule has 0 bridgehead atoms. The standard InChI is InChI=1S/C16H22N4OS.2ClH/c1-21-10-16-19-14(11-7-12(17)8-11)9-15(20-16)18-5-4-13-3-2-6-22-13;;/h2-3,6,9,11-12H,4-5,7-8,10,17H2,1H3,(H,18,19,20);2*1H. The first-order valence-corrected chi connectivity index (χ1v) is 8.51. The van der Waals surface area contributed by atoms with Crippen molar-refractivity contribution in [3.63, 3.8) is 0 Å². The van der Waals surface area contributed by atoms with Crippen molar-refractivity contribution in [3.8, 4) is 0 Å². The van der Waals surface area contributed by atoms with Gasteiger partial charge in [0, 0.05) is 42.3 Å². The molecule has 0 aromatic carbocycles. The zero-order valence-electron chi connectivity index (χ0n) is 13.6. The number of hydrogen-bond donors (Lipinski definition) is 2. The van der Waals surface area contributed by atoms with Crippen molar-refractivity contribution in [2.45, 2.75) is 37.8 Å². The van der Waals surface area contributed by atoms with Crippen molar-refractivity contribution < 1.29 is 4.74 Å². The highest BCUT2D eigenvalue weighted by Crippen LogP contribution is 2.35. The molecular formula is C16H24Cl2N4OS. The van der Waals surface area contributed by atoms with Gasteiger partial charge in [0.2, 0.25) is 0 Å². The van der Waals surface area contributed by atoms with Crippen LogP contribution < -0.4 is 11.1 Å². The highest BCUT2D eigenvalue weighted by Gasteiger charge is 2.29. The molecule has 2 heterocycles. The zero-order chi connectivity index (χ0) is 15.4. The SMILES string of the molecule is COCc1nc(NCCc2cccs2)cc(C2CC(N)C2)n1.Cl.Cl. The molecule has 24 heavy (non-hydrogen) atoms. The molecule has 1 aliphatic rings. The Labute approximate surface area is 159 Å². The number of hydrogen-bond acceptors (Lipinski definition) is 6. The highest BCUT2D eigenvalue weighted by atomic mass is 35.5. The van der Waals surface area contributed by atoms with Gasteiger partial charge >= 0.3 is 0 Å².